The Bertz CT molecular complexity index is 692. The van der Waals surface area contributed by atoms with Gasteiger partial charge in [0.1, 0.15) is 17.2 Å². The van der Waals surface area contributed by atoms with Crippen molar-refractivity contribution in [2.45, 2.75) is 6.92 Å². The molecule has 0 aliphatic carbocycles. The summed E-state index contributed by atoms with van der Waals surface area (Å²) >= 11 is 0. The number of aromatic hydroxyl groups is 2. The highest BCUT2D eigenvalue weighted by Gasteiger charge is 2.06. The van der Waals surface area contributed by atoms with Gasteiger partial charge in [0.25, 0.3) is 0 Å². The van der Waals surface area contributed by atoms with Crippen LogP contribution in [0.4, 0.5) is 5.69 Å². The molecule has 0 aliphatic heterocycles. The van der Waals surface area contributed by atoms with Gasteiger partial charge in [-0.15, -0.1) is 0 Å². The fraction of sp³-hybridized carbons (Fsp3) is 0.0667. The highest BCUT2D eigenvalue weighted by Crippen LogP contribution is 2.27. The molecule has 0 aromatic heterocycles. The summed E-state index contributed by atoms with van der Waals surface area (Å²) in [5, 5.41) is 28.2. The van der Waals surface area contributed by atoms with E-state index in [-0.39, 0.29) is 22.6 Å². The van der Waals surface area contributed by atoms with Crippen molar-refractivity contribution in [3.05, 3.63) is 53.1 Å². The number of phenolic OH excluding ortho intramolecular Hbond substituents is 2. The van der Waals surface area contributed by atoms with E-state index >= 15 is 0 Å². The van der Waals surface area contributed by atoms with E-state index in [2.05, 4.69) is 4.99 Å². The third-order valence-electron chi connectivity index (χ3n) is 2.75. The molecule has 5 heteroatoms. The average Bonchev–Trinajstić information content (AvgIpc) is 2.41. The highest BCUT2D eigenvalue weighted by molar-refractivity contribution is 5.93. The van der Waals surface area contributed by atoms with Crippen LogP contribution in [0.2, 0.25) is 0 Å². The van der Waals surface area contributed by atoms with Gasteiger partial charge in [0.05, 0.1) is 5.56 Å². The van der Waals surface area contributed by atoms with Crippen LogP contribution in [0.5, 0.6) is 11.5 Å². The van der Waals surface area contributed by atoms with E-state index in [1.54, 1.807) is 12.1 Å². The van der Waals surface area contributed by atoms with Crippen LogP contribution in [0.1, 0.15) is 21.5 Å². The molecule has 2 rings (SSSR count). The Morgan fingerprint density at radius 3 is 2.50 bits per heavy atom. The van der Waals surface area contributed by atoms with Gasteiger partial charge in [0, 0.05) is 11.8 Å². The first-order valence-corrected chi connectivity index (χ1v) is 5.87. The summed E-state index contributed by atoms with van der Waals surface area (Å²) in [5.74, 6) is -1.15. The number of carbonyl (C=O) groups is 1. The molecular formula is C15H13NO4. The van der Waals surface area contributed by atoms with E-state index in [1.807, 2.05) is 6.92 Å². The summed E-state index contributed by atoms with van der Waals surface area (Å²) < 4.78 is 0. The Kier molecular flexibility index (Phi) is 3.70. The summed E-state index contributed by atoms with van der Waals surface area (Å²) in [6, 6.07) is 8.87. The zero-order valence-corrected chi connectivity index (χ0v) is 10.7. The zero-order valence-electron chi connectivity index (χ0n) is 10.7. The summed E-state index contributed by atoms with van der Waals surface area (Å²) in [5.41, 5.74) is 1.60. The smallest absolute Gasteiger partial charge is 0.335 e. The molecule has 0 aliphatic rings. The van der Waals surface area contributed by atoms with Gasteiger partial charge < -0.3 is 15.3 Å². The second kappa shape index (κ2) is 5.44. The molecule has 2 aromatic carbocycles. The summed E-state index contributed by atoms with van der Waals surface area (Å²) in [6.45, 7) is 1.86. The van der Waals surface area contributed by atoms with Crippen LogP contribution in [0.25, 0.3) is 0 Å². The second-order valence-corrected chi connectivity index (χ2v) is 4.33. The number of nitrogens with zero attached hydrogens (tertiary/aromatic N) is 1. The third-order valence-corrected chi connectivity index (χ3v) is 2.75. The summed E-state index contributed by atoms with van der Waals surface area (Å²) in [7, 11) is 0. The van der Waals surface area contributed by atoms with Crippen LogP contribution >= 0.6 is 0 Å². The predicted molar refractivity (Wildman–Crippen MR) is 75.2 cm³/mol. The SMILES string of the molecule is Cc1ccc(O)c(N=Cc2cc(C(=O)O)ccc2O)c1. The molecule has 0 atom stereocenters. The van der Waals surface area contributed by atoms with Gasteiger partial charge in [-0.05, 0) is 42.8 Å². The minimum absolute atomic E-state index is 0.0146. The molecule has 3 N–H and O–H groups in total. The number of hydrogen-bond acceptors (Lipinski definition) is 4. The van der Waals surface area contributed by atoms with Gasteiger partial charge in [-0.3, -0.25) is 4.99 Å². The molecule has 5 nitrogen and oxygen atoms in total. The Balaban J connectivity index is 2.38. The lowest BCUT2D eigenvalue weighted by Crippen LogP contribution is -1.97. The highest BCUT2D eigenvalue weighted by atomic mass is 16.4. The van der Waals surface area contributed by atoms with Crippen LogP contribution in [0, 0.1) is 6.92 Å². The number of aryl methyl sites for hydroxylation is 1. The molecule has 0 unspecified atom stereocenters. The van der Waals surface area contributed by atoms with Crippen molar-refractivity contribution < 1.29 is 20.1 Å². The Morgan fingerprint density at radius 2 is 1.80 bits per heavy atom. The molecule has 102 valence electrons. The summed E-state index contributed by atoms with van der Waals surface area (Å²) in [6.07, 6.45) is 1.32. The van der Waals surface area contributed by atoms with Crippen molar-refractivity contribution in [1.82, 2.24) is 0 Å². The molecule has 0 spiro atoms. The van der Waals surface area contributed by atoms with Crippen molar-refractivity contribution in [2.24, 2.45) is 4.99 Å². The Labute approximate surface area is 115 Å². The minimum atomic E-state index is -1.09. The summed E-state index contributed by atoms with van der Waals surface area (Å²) in [4.78, 5) is 14.9. The van der Waals surface area contributed by atoms with Crippen LogP contribution in [-0.2, 0) is 0 Å². The fourth-order valence-corrected chi connectivity index (χ4v) is 1.67. The van der Waals surface area contributed by atoms with Crippen molar-refractivity contribution in [1.29, 1.82) is 0 Å². The fourth-order valence-electron chi connectivity index (χ4n) is 1.67. The van der Waals surface area contributed by atoms with Crippen LogP contribution in [-0.4, -0.2) is 27.5 Å². The molecule has 0 bridgehead atoms. The van der Waals surface area contributed by atoms with Gasteiger partial charge in [-0.1, -0.05) is 6.07 Å². The molecule has 0 amide bonds. The van der Waals surface area contributed by atoms with Crippen LogP contribution in [0.15, 0.2) is 41.4 Å². The van der Waals surface area contributed by atoms with Crippen LogP contribution < -0.4 is 0 Å². The van der Waals surface area contributed by atoms with Gasteiger partial charge in [0.15, 0.2) is 0 Å². The zero-order chi connectivity index (χ0) is 14.7. The van der Waals surface area contributed by atoms with E-state index in [9.17, 15) is 15.0 Å². The Hall–Kier alpha value is -2.82. The number of benzene rings is 2. The molecule has 0 saturated heterocycles. The monoisotopic (exact) mass is 271 g/mol. The van der Waals surface area contributed by atoms with E-state index < -0.39 is 5.97 Å². The molecular weight excluding hydrogens is 258 g/mol. The molecule has 20 heavy (non-hydrogen) atoms. The largest absolute Gasteiger partial charge is 0.507 e. The van der Waals surface area contributed by atoms with E-state index in [0.717, 1.165) is 5.56 Å². The van der Waals surface area contributed by atoms with Crippen molar-refractivity contribution >= 4 is 17.9 Å². The lowest BCUT2D eigenvalue weighted by atomic mass is 10.1. The predicted octanol–water partition coefficient (Wildman–Crippen LogP) is 2.86. The first-order chi connectivity index (χ1) is 9.47. The van der Waals surface area contributed by atoms with Gasteiger partial charge >= 0.3 is 5.97 Å². The van der Waals surface area contributed by atoms with Gasteiger partial charge in [-0.25, -0.2) is 4.79 Å². The van der Waals surface area contributed by atoms with E-state index in [1.165, 1.54) is 30.5 Å². The standard InChI is InChI=1S/C15H13NO4/c1-9-2-4-14(18)12(6-9)16-8-11-7-10(15(19)20)3-5-13(11)17/h2-8,17-18H,1H3,(H,19,20). The molecule has 0 saturated carbocycles. The maximum atomic E-state index is 10.9. The number of phenols is 2. The third kappa shape index (κ3) is 2.95. The second-order valence-electron chi connectivity index (χ2n) is 4.33. The number of aromatic carboxylic acids is 1. The number of carboxylic acids is 1. The number of aliphatic imine (C=N–C) groups is 1. The van der Waals surface area contributed by atoms with Gasteiger partial charge in [0.2, 0.25) is 0 Å². The molecule has 2 aromatic rings. The topological polar surface area (TPSA) is 90.1 Å². The number of hydrogen-bond donors (Lipinski definition) is 3. The van der Waals surface area contributed by atoms with Crippen LogP contribution in [0.3, 0.4) is 0 Å². The van der Waals surface area contributed by atoms with Crippen molar-refractivity contribution in [2.75, 3.05) is 0 Å². The lowest BCUT2D eigenvalue weighted by Gasteiger charge is -2.02. The maximum Gasteiger partial charge on any atom is 0.335 e. The van der Waals surface area contributed by atoms with Gasteiger partial charge in [-0.2, -0.15) is 0 Å². The van der Waals surface area contributed by atoms with E-state index in [4.69, 9.17) is 5.11 Å². The normalized spacial score (nSPS) is 10.8. The first-order valence-electron chi connectivity index (χ1n) is 5.87. The van der Waals surface area contributed by atoms with Crippen molar-refractivity contribution in [3.63, 3.8) is 0 Å². The average molecular weight is 271 g/mol. The molecule has 0 heterocycles. The first kappa shape index (κ1) is 13.6. The molecule has 0 fully saturated rings. The quantitative estimate of drug-likeness (QED) is 0.749. The number of carboxylic acid groups (broad SMARTS) is 1. The van der Waals surface area contributed by atoms with Crippen molar-refractivity contribution in [3.8, 4) is 11.5 Å². The minimum Gasteiger partial charge on any atom is -0.507 e. The number of rotatable bonds is 3. The maximum absolute atomic E-state index is 10.9. The van der Waals surface area contributed by atoms with E-state index in [0.29, 0.717) is 5.69 Å². The lowest BCUT2D eigenvalue weighted by molar-refractivity contribution is 0.0697. The Morgan fingerprint density at radius 1 is 1.10 bits per heavy atom. The molecule has 0 radical (unpaired) electrons.